The molecule has 0 bridgehead atoms. The Morgan fingerprint density at radius 3 is 2.14 bits per heavy atom. The fraction of sp³-hybridized carbons (Fsp3) is 0.333. The SMILES string of the molecule is O=C1c2ccccc2C(=O)N1CCCCSOS(=O)(=O)[O-].[Na+]. The van der Waals surface area contributed by atoms with Crippen molar-refractivity contribution in [2.24, 2.45) is 0 Å². The number of fused-ring (bicyclic) bond motifs is 1. The molecule has 0 saturated carbocycles. The van der Waals surface area contributed by atoms with Crippen molar-refractivity contribution in [3.63, 3.8) is 0 Å². The maximum atomic E-state index is 12.0. The molecule has 1 heterocycles. The summed E-state index contributed by atoms with van der Waals surface area (Å²) in [6.07, 6.45) is 1.01. The average Bonchev–Trinajstić information content (AvgIpc) is 2.66. The predicted molar refractivity (Wildman–Crippen MR) is 74.3 cm³/mol. The Bertz CT molecular complexity index is 628. The maximum absolute atomic E-state index is 12.0. The number of hydrogen-bond donors (Lipinski definition) is 0. The van der Waals surface area contributed by atoms with Crippen molar-refractivity contribution in [2.75, 3.05) is 12.3 Å². The van der Waals surface area contributed by atoms with E-state index in [1.54, 1.807) is 24.3 Å². The van der Waals surface area contributed by atoms with Crippen LogP contribution in [0.25, 0.3) is 0 Å². The molecule has 1 aromatic carbocycles. The Morgan fingerprint density at radius 2 is 1.64 bits per heavy atom. The molecule has 22 heavy (non-hydrogen) atoms. The third-order valence-corrected chi connectivity index (χ3v) is 4.38. The summed E-state index contributed by atoms with van der Waals surface area (Å²) in [7, 11) is -4.69. The van der Waals surface area contributed by atoms with Gasteiger partial charge >= 0.3 is 29.6 Å². The summed E-state index contributed by atoms with van der Waals surface area (Å²) in [5, 5.41) is 0. The second kappa shape index (κ2) is 8.44. The Hall–Kier alpha value is -0.420. The van der Waals surface area contributed by atoms with Crippen LogP contribution in [-0.2, 0) is 14.0 Å². The van der Waals surface area contributed by atoms with Crippen LogP contribution in [0, 0.1) is 0 Å². The van der Waals surface area contributed by atoms with Gasteiger partial charge in [0.2, 0.25) is 10.4 Å². The number of amides is 2. The van der Waals surface area contributed by atoms with Gasteiger partial charge < -0.3 is 4.55 Å². The number of hydrogen-bond acceptors (Lipinski definition) is 7. The van der Waals surface area contributed by atoms with Gasteiger partial charge in [-0.1, -0.05) is 12.1 Å². The van der Waals surface area contributed by atoms with Crippen molar-refractivity contribution in [3.05, 3.63) is 35.4 Å². The second-order valence-corrected chi connectivity index (χ2v) is 6.32. The van der Waals surface area contributed by atoms with E-state index in [1.807, 2.05) is 0 Å². The molecule has 1 aromatic rings. The molecule has 114 valence electrons. The summed E-state index contributed by atoms with van der Waals surface area (Å²) in [5.74, 6) is -0.353. The zero-order valence-electron chi connectivity index (χ0n) is 11.9. The molecule has 0 aromatic heterocycles. The zero-order valence-corrected chi connectivity index (χ0v) is 15.5. The van der Waals surface area contributed by atoms with E-state index in [4.69, 9.17) is 0 Å². The molecule has 0 atom stereocenters. The smallest absolute Gasteiger partial charge is 0.725 e. The van der Waals surface area contributed by atoms with E-state index >= 15 is 0 Å². The number of imide groups is 1. The largest absolute Gasteiger partial charge is 1.00 e. The van der Waals surface area contributed by atoms with Gasteiger partial charge in [-0.25, -0.2) is 12.0 Å². The summed E-state index contributed by atoms with van der Waals surface area (Å²) in [6.45, 7) is 0.247. The monoisotopic (exact) mass is 353 g/mol. The van der Waals surface area contributed by atoms with Crippen LogP contribution in [-0.4, -0.2) is 42.0 Å². The number of carbonyl (C=O) groups excluding carboxylic acids is 2. The molecule has 0 saturated heterocycles. The summed E-state index contributed by atoms with van der Waals surface area (Å²) in [5.41, 5.74) is 0.801. The summed E-state index contributed by atoms with van der Waals surface area (Å²) >= 11 is 0.543. The normalized spacial score (nSPS) is 14.0. The first-order valence-corrected chi connectivity index (χ1v) is 8.37. The molecule has 0 aliphatic carbocycles. The van der Waals surface area contributed by atoms with Gasteiger partial charge in [-0.3, -0.25) is 14.5 Å². The van der Waals surface area contributed by atoms with Gasteiger partial charge in [0.1, 0.15) is 0 Å². The van der Waals surface area contributed by atoms with Crippen molar-refractivity contribution in [1.82, 2.24) is 4.90 Å². The first kappa shape index (κ1) is 19.6. The Labute approximate surface area is 154 Å². The van der Waals surface area contributed by atoms with Crippen LogP contribution in [0.1, 0.15) is 33.6 Å². The standard InChI is InChI=1S/C12H13NO6S2.Na/c14-11-9-5-1-2-6-10(9)12(15)13(11)7-3-4-8-20-19-21(16,17)18;/h1-2,5-6H,3-4,7-8H2,(H,16,17,18);/q;+1/p-1. The van der Waals surface area contributed by atoms with Crippen molar-refractivity contribution >= 4 is 34.3 Å². The van der Waals surface area contributed by atoms with Gasteiger partial charge in [-0.05, 0) is 25.0 Å². The number of nitrogens with zero attached hydrogens (tertiary/aromatic N) is 1. The van der Waals surface area contributed by atoms with Crippen LogP contribution in [0.5, 0.6) is 0 Å². The minimum atomic E-state index is -4.69. The third-order valence-electron chi connectivity index (χ3n) is 2.87. The average molecular weight is 353 g/mol. The van der Waals surface area contributed by atoms with E-state index in [9.17, 15) is 22.6 Å². The molecule has 7 nitrogen and oxygen atoms in total. The molecule has 1 aliphatic heterocycles. The molecular formula is C12H12NNaO6S2. The minimum absolute atomic E-state index is 0. The predicted octanol–water partition coefficient (Wildman–Crippen LogP) is -1.81. The van der Waals surface area contributed by atoms with E-state index in [1.165, 1.54) is 4.90 Å². The zero-order chi connectivity index (χ0) is 15.5. The van der Waals surface area contributed by atoms with Gasteiger partial charge in [0, 0.05) is 24.3 Å². The van der Waals surface area contributed by atoms with Gasteiger partial charge in [-0.2, -0.15) is 0 Å². The second-order valence-electron chi connectivity index (χ2n) is 4.31. The van der Waals surface area contributed by atoms with Crippen LogP contribution in [0.2, 0.25) is 0 Å². The molecule has 0 unspecified atom stereocenters. The molecule has 2 amide bonds. The number of carbonyl (C=O) groups is 2. The molecule has 0 radical (unpaired) electrons. The molecular weight excluding hydrogens is 341 g/mol. The number of rotatable bonds is 7. The number of benzene rings is 1. The van der Waals surface area contributed by atoms with Gasteiger partial charge in [0.05, 0.1) is 11.1 Å². The van der Waals surface area contributed by atoms with Crippen LogP contribution < -0.4 is 29.6 Å². The van der Waals surface area contributed by atoms with Crippen LogP contribution in [0.15, 0.2) is 24.3 Å². The van der Waals surface area contributed by atoms with Gasteiger partial charge in [0.25, 0.3) is 11.8 Å². The van der Waals surface area contributed by atoms with E-state index < -0.39 is 10.4 Å². The fourth-order valence-corrected chi connectivity index (χ4v) is 3.03. The summed E-state index contributed by atoms with van der Waals surface area (Å²) < 4.78 is 34.5. The van der Waals surface area contributed by atoms with E-state index in [-0.39, 0.29) is 53.7 Å². The van der Waals surface area contributed by atoms with Gasteiger partial charge in [-0.15, -0.1) is 0 Å². The van der Waals surface area contributed by atoms with Crippen molar-refractivity contribution in [3.8, 4) is 0 Å². The van der Waals surface area contributed by atoms with Gasteiger partial charge in [0.15, 0.2) is 0 Å². The van der Waals surface area contributed by atoms with E-state index in [2.05, 4.69) is 3.63 Å². The Kier molecular flexibility index (Phi) is 7.53. The topological polar surface area (TPSA) is 104 Å². The maximum Gasteiger partial charge on any atom is 1.00 e. The fourth-order valence-electron chi connectivity index (χ4n) is 1.97. The summed E-state index contributed by atoms with van der Waals surface area (Å²) in [6, 6.07) is 6.62. The molecule has 0 fully saturated rings. The quantitative estimate of drug-likeness (QED) is 0.142. The van der Waals surface area contributed by atoms with Crippen molar-refractivity contribution in [1.29, 1.82) is 0 Å². The van der Waals surface area contributed by atoms with Crippen LogP contribution >= 0.6 is 12.0 Å². The van der Waals surface area contributed by atoms with Crippen LogP contribution in [0.3, 0.4) is 0 Å². The van der Waals surface area contributed by atoms with E-state index in [0.717, 1.165) is 0 Å². The molecule has 0 N–H and O–H groups in total. The summed E-state index contributed by atoms with van der Waals surface area (Å²) in [4.78, 5) is 25.2. The number of unbranched alkanes of at least 4 members (excludes halogenated alkanes) is 1. The Balaban J connectivity index is 0.00000242. The Morgan fingerprint density at radius 1 is 1.09 bits per heavy atom. The minimum Gasteiger partial charge on any atom is -0.725 e. The first-order chi connectivity index (χ1) is 9.90. The molecule has 2 rings (SSSR count). The molecule has 10 heteroatoms. The first-order valence-electron chi connectivity index (χ1n) is 6.12. The van der Waals surface area contributed by atoms with Crippen molar-refractivity contribution < 1.29 is 55.7 Å². The molecule has 0 spiro atoms. The van der Waals surface area contributed by atoms with E-state index in [0.29, 0.717) is 36.0 Å². The molecule has 1 aliphatic rings. The third kappa shape index (κ3) is 5.05. The van der Waals surface area contributed by atoms with Crippen LogP contribution in [0.4, 0.5) is 0 Å². The van der Waals surface area contributed by atoms with Crippen molar-refractivity contribution in [2.45, 2.75) is 12.8 Å².